The Morgan fingerprint density at radius 2 is 1.91 bits per heavy atom. The Morgan fingerprint density at radius 3 is 2.52 bits per heavy atom. The molecule has 0 unspecified atom stereocenters. The molecule has 0 amide bonds. The standard InChI is InChI=1S/C16H15NO6/c1-9-4-5-10(2)12(8-9)15(18)11(3)22-16(19)13-6-7-14(23-13)17(20)21/h4-8,11H,1-3H3/t11-/m0/s1. The van der Waals surface area contributed by atoms with Gasteiger partial charge in [-0.1, -0.05) is 17.7 Å². The lowest BCUT2D eigenvalue weighted by atomic mass is 9.99. The van der Waals surface area contributed by atoms with Gasteiger partial charge in [-0.15, -0.1) is 0 Å². The number of hydrogen-bond acceptors (Lipinski definition) is 6. The van der Waals surface area contributed by atoms with Gasteiger partial charge in [-0.2, -0.15) is 0 Å². The molecule has 1 atom stereocenters. The summed E-state index contributed by atoms with van der Waals surface area (Å²) >= 11 is 0. The van der Waals surface area contributed by atoms with E-state index in [-0.39, 0.29) is 11.5 Å². The smallest absolute Gasteiger partial charge is 0.433 e. The van der Waals surface area contributed by atoms with Gasteiger partial charge in [-0.05, 0) is 38.5 Å². The van der Waals surface area contributed by atoms with E-state index in [4.69, 9.17) is 9.15 Å². The molecule has 0 aliphatic rings. The van der Waals surface area contributed by atoms with Crippen LogP contribution in [0.5, 0.6) is 0 Å². The Kier molecular flexibility index (Phi) is 4.59. The van der Waals surface area contributed by atoms with Crippen LogP contribution in [-0.2, 0) is 4.74 Å². The number of Topliss-reactive ketones (excluding diaryl/α,β-unsaturated/α-hetero) is 1. The molecule has 7 nitrogen and oxygen atoms in total. The molecule has 2 rings (SSSR count). The SMILES string of the molecule is Cc1ccc(C)c(C(=O)[C@H](C)OC(=O)c2ccc([N+](=O)[O-])o2)c1. The molecular formula is C16H15NO6. The predicted octanol–water partition coefficient (Wildman–Crippen LogP) is 3.23. The van der Waals surface area contributed by atoms with Crippen LogP contribution in [0.4, 0.5) is 5.88 Å². The van der Waals surface area contributed by atoms with Gasteiger partial charge in [0, 0.05) is 5.56 Å². The van der Waals surface area contributed by atoms with Gasteiger partial charge in [0.15, 0.2) is 6.10 Å². The summed E-state index contributed by atoms with van der Waals surface area (Å²) in [6.07, 6.45) is -1.04. The van der Waals surface area contributed by atoms with Crippen molar-refractivity contribution < 1.29 is 23.7 Å². The monoisotopic (exact) mass is 317 g/mol. The molecule has 1 aromatic heterocycles. The lowest BCUT2D eigenvalue weighted by Gasteiger charge is -2.13. The van der Waals surface area contributed by atoms with Crippen molar-refractivity contribution >= 4 is 17.6 Å². The van der Waals surface area contributed by atoms with E-state index in [9.17, 15) is 19.7 Å². The summed E-state index contributed by atoms with van der Waals surface area (Å²) in [6.45, 7) is 5.09. The molecular weight excluding hydrogens is 302 g/mol. The second-order valence-corrected chi connectivity index (χ2v) is 5.13. The molecule has 0 N–H and O–H groups in total. The number of furan rings is 1. The van der Waals surface area contributed by atoms with Crippen molar-refractivity contribution in [3.8, 4) is 0 Å². The van der Waals surface area contributed by atoms with E-state index in [1.165, 1.54) is 6.92 Å². The maximum atomic E-state index is 12.4. The summed E-state index contributed by atoms with van der Waals surface area (Å²) < 4.78 is 9.79. The molecule has 0 fully saturated rings. The number of nitro groups is 1. The van der Waals surface area contributed by atoms with Gasteiger partial charge < -0.3 is 9.15 Å². The maximum absolute atomic E-state index is 12.4. The van der Waals surface area contributed by atoms with Gasteiger partial charge >= 0.3 is 11.9 Å². The van der Waals surface area contributed by atoms with Crippen LogP contribution in [0.1, 0.15) is 39.0 Å². The number of aryl methyl sites for hydroxylation is 2. The van der Waals surface area contributed by atoms with E-state index in [1.54, 1.807) is 13.0 Å². The van der Waals surface area contributed by atoms with Crippen molar-refractivity contribution in [1.82, 2.24) is 0 Å². The van der Waals surface area contributed by atoms with Crippen molar-refractivity contribution in [2.75, 3.05) is 0 Å². The second-order valence-electron chi connectivity index (χ2n) is 5.13. The van der Waals surface area contributed by atoms with Crippen LogP contribution in [0.15, 0.2) is 34.7 Å². The van der Waals surface area contributed by atoms with E-state index in [0.717, 1.165) is 23.3 Å². The molecule has 2 aromatic rings. The van der Waals surface area contributed by atoms with Crippen LogP contribution < -0.4 is 0 Å². The molecule has 1 aromatic carbocycles. The first-order valence-corrected chi connectivity index (χ1v) is 6.86. The van der Waals surface area contributed by atoms with E-state index < -0.39 is 22.9 Å². The van der Waals surface area contributed by atoms with Crippen LogP contribution in [0.3, 0.4) is 0 Å². The van der Waals surface area contributed by atoms with Crippen LogP contribution in [0.2, 0.25) is 0 Å². The summed E-state index contributed by atoms with van der Waals surface area (Å²) in [5, 5.41) is 10.5. The van der Waals surface area contributed by atoms with Crippen molar-refractivity contribution in [1.29, 1.82) is 0 Å². The first-order chi connectivity index (χ1) is 10.8. The van der Waals surface area contributed by atoms with Crippen LogP contribution >= 0.6 is 0 Å². The van der Waals surface area contributed by atoms with Crippen LogP contribution in [0, 0.1) is 24.0 Å². The molecule has 0 saturated heterocycles. The summed E-state index contributed by atoms with van der Waals surface area (Å²) in [5.41, 5.74) is 2.16. The summed E-state index contributed by atoms with van der Waals surface area (Å²) in [7, 11) is 0. The molecule has 0 aliphatic carbocycles. The number of carbonyl (C=O) groups is 2. The van der Waals surface area contributed by atoms with Gasteiger partial charge in [0.2, 0.25) is 11.5 Å². The first-order valence-electron chi connectivity index (χ1n) is 6.86. The minimum Gasteiger partial charge on any atom is -0.448 e. The number of esters is 1. The zero-order valence-electron chi connectivity index (χ0n) is 12.9. The lowest BCUT2D eigenvalue weighted by Crippen LogP contribution is -2.25. The normalized spacial score (nSPS) is 11.8. The van der Waals surface area contributed by atoms with Crippen LogP contribution in [-0.4, -0.2) is 22.8 Å². The molecule has 7 heteroatoms. The average molecular weight is 317 g/mol. The summed E-state index contributed by atoms with van der Waals surface area (Å²) in [4.78, 5) is 34.0. The quantitative estimate of drug-likeness (QED) is 0.363. The molecule has 23 heavy (non-hydrogen) atoms. The Bertz CT molecular complexity index is 777. The number of nitrogens with zero attached hydrogens (tertiary/aromatic N) is 1. The van der Waals surface area contributed by atoms with E-state index in [2.05, 4.69) is 0 Å². The number of rotatable bonds is 5. The Morgan fingerprint density at radius 1 is 1.22 bits per heavy atom. The van der Waals surface area contributed by atoms with Crippen molar-refractivity contribution in [3.63, 3.8) is 0 Å². The minimum absolute atomic E-state index is 0.322. The fourth-order valence-corrected chi connectivity index (χ4v) is 2.03. The third-order valence-corrected chi connectivity index (χ3v) is 3.28. The van der Waals surface area contributed by atoms with E-state index in [1.807, 2.05) is 19.1 Å². The number of ketones is 1. The second kappa shape index (κ2) is 6.43. The zero-order chi connectivity index (χ0) is 17.1. The molecule has 0 bridgehead atoms. The highest BCUT2D eigenvalue weighted by Gasteiger charge is 2.25. The molecule has 120 valence electrons. The van der Waals surface area contributed by atoms with E-state index in [0.29, 0.717) is 5.56 Å². The third-order valence-electron chi connectivity index (χ3n) is 3.28. The van der Waals surface area contributed by atoms with Gasteiger partial charge in [0.25, 0.3) is 0 Å². The molecule has 0 radical (unpaired) electrons. The number of hydrogen-bond donors (Lipinski definition) is 0. The number of carbonyl (C=O) groups excluding carboxylic acids is 2. The minimum atomic E-state index is -1.04. The van der Waals surface area contributed by atoms with Crippen molar-refractivity contribution in [3.05, 3.63) is 62.9 Å². The predicted molar refractivity (Wildman–Crippen MR) is 80.5 cm³/mol. The fraction of sp³-hybridized carbons (Fsp3) is 0.250. The van der Waals surface area contributed by atoms with Crippen molar-refractivity contribution in [2.45, 2.75) is 26.9 Å². The van der Waals surface area contributed by atoms with Gasteiger partial charge in [0.1, 0.15) is 4.92 Å². The first kappa shape index (κ1) is 16.4. The fourth-order valence-electron chi connectivity index (χ4n) is 2.03. The third kappa shape index (κ3) is 3.63. The van der Waals surface area contributed by atoms with E-state index >= 15 is 0 Å². The molecule has 0 spiro atoms. The lowest BCUT2D eigenvalue weighted by molar-refractivity contribution is -0.402. The highest BCUT2D eigenvalue weighted by Crippen LogP contribution is 2.18. The largest absolute Gasteiger partial charge is 0.448 e. The summed E-state index contributed by atoms with van der Waals surface area (Å²) in [6, 6.07) is 7.60. The molecule has 1 heterocycles. The highest BCUT2D eigenvalue weighted by atomic mass is 16.7. The maximum Gasteiger partial charge on any atom is 0.433 e. The number of benzene rings is 1. The molecule has 0 saturated carbocycles. The van der Waals surface area contributed by atoms with Gasteiger partial charge in [-0.3, -0.25) is 14.9 Å². The zero-order valence-corrected chi connectivity index (χ0v) is 12.9. The van der Waals surface area contributed by atoms with Gasteiger partial charge in [-0.25, -0.2) is 4.79 Å². The van der Waals surface area contributed by atoms with Crippen molar-refractivity contribution in [2.24, 2.45) is 0 Å². The Balaban J connectivity index is 2.12. The Labute approximate surface area is 132 Å². The average Bonchev–Trinajstić information content (AvgIpc) is 2.99. The van der Waals surface area contributed by atoms with Crippen LogP contribution in [0.25, 0.3) is 0 Å². The van der Waals surface area contributed by atoms with Gasteiger partial charge in [0.05, 0.1) is 6.07 Å². The topological polar surface area (TPSA) is 99.7 Å². The highest BCUT2D eigenvalue weighted by molar-refractivity contribution is 6.02. The summed E-state index contributed by atoms with van der Waals surface area (Å²) in [5.74, 6) is -2.16. The number of ether oxygens (including phenoxy) is 1. The Hall–Kier alpha value is -2.96. The molecule has 0 aliphatic heterocycles.